The summed E-state index contributed by atoms with van der Waals surface area (Å²) in [6.07, 6.45) is 1.27. The molecule has 0 aliphatic rings. The average molecular weight is 192 g/mol. The van der Waals surface area contributed by atoms with Crippen molar-refractivity contribution in [3.05, 3.63) is 23.3 Å². The van der Waals surface area contributed by atoms with Gasteiger partial charge in [-0.25, -0.2) is 0 Å². The molecule has 0 fully saturated rings. The molecule has 0 aliphatic carbocycles. The summed E-state index contributed by atoms with van der Waals surface area (Å²) in [5.41, 5.74) is 1.83. The van der Waals surface area contributed by atoms with Crippen molar-refractivity contribution in [2.24, 2.45) is 0 Å². The van der Waals surface area contributed by atoms with Gasteiger partial charge < -0.3 is 0 Å². The van der Waals surface area contributed by atoms with Gasteiger partial charge in [0, 0.05) is 5.56 Å². The quantitative estimate of drug-likeness (QED) is 0.673. The minimum Gasteiger partial charge on any atom is -0.298 e. The maximum absolute atomic E-state index is 10.7. The van der Waals surface area contributed by atoms with Crippen LogP contribution in [0.4, 0.5) is 0 Å². The van der Waals surface area contributed by atoms with Crippen LogP contribution in [0.3, 0.4) is 0 Å². The van der Waals surface area contributed by atoms with Crippen molar-refractivity contribution >= 4 is 35.3 Å². The van der Waals surface area contributed by atoms with Crippen LogP contribution in [0.5, 0.6) is 0 Å². The zero-order chi connectivity index (χ0) is 9.26. The van der Waals surface area contributed by atoms with Gasteiger partial charge in [0.1, 0.15) is 11.0 Å². The van der Waals surface area contributed by atoms with Gasteiger partial charge in [-0.15, -0.1) is 0 Å². The summed E-state index contributed by atoms with van der Waals surface area (Å²) in [5, 5.41) is 0. The predicted molar refractivity (Wildman–Crippen MR) is 48.2 cm³/mol. The SMILES string of the molecule is O=Cc1ccc2nsnc2c1C=O. The standard InChI is InChI=1S/C8H4N2O2S/c11-3-5-1-2-7-8(6(5)4-12)10-13-9-7/h1-4H. The third-order valence-electron chi connectivity index (χ3n) is 1.75. The Morgan fingerprint density at radius 3 is 2.69 bits per heavy atom. The molecule has 0 aliphatic heterocycles. The first-order valence-electron chi connectivity index (χ1n) is 3.52. The summed E-state index contributed by atoms with van der Waals surface area (Å²) in [7, 11) is 0. The molecule has 1 aromatic carbocycles. The van der Waals surface area contributed by atoms with Crippen LogP contribution in [0, 0.1) is 0 Å². The van der Waals surface area contributed by atoms with Crippen molar-refractivity contribution in [2.75, 3.05) is 0 Å². The normalized spacial score (nSPS) is 10.2. The summed E-state index contributed by atoms with van der Waals surface area (Å²) in [4.78, 5) is 21.2. The molecule has 0 saturated carbocycles. The monoisotopic (exact) mass is 192 g/mol. The third-order valence-corrected chi connectivity index (χ3v) is 2.29. The molecular weight excluding hydrogens is 188 g/mol. The first-order chi connectivity index (χ1) is 6.36. The zero-order valence-corrected chi connectivity index (χ0v) is 7.25. The molecule has 0 saturated heterocycles. The highest BCUT2D eigenvalue weighted by atomic mass is 32.1. The number of hydrogen-bond donors (Lipinski definition) is 0. The van der Waals surface area contributed by atoms with Crippen molar-refractivity contribution in [1.82, 2.24) is 8.75 Å². The molecule has 0 bridgehead atoms. The molecule has 0 N–H and O–H groups in total. The van der Waals surface area contributed by atoms with Gasteiger partial charge in [0.05, 0.1) is 17.3 Å². The molecule has 0 amide bonds. The topological polar surface area (TPSA) is 59.9 Å². The van der Waals surface area contributed by atoms with E-state index in [0.29, 0.717) is 34.7 Å². The van der Waals surface area contributed by atoms with Crippen LogP contribution in [-0.4, -0.2) is 21.3 Å². The number of aromatic nitrogens is 2. The van der Waals surface area contributed by atoms with E-state index >= 15 is 0 Å². The Labute approximate surface area is 77.5 Å². The van der Waals surface area contributed by atoms with Gasteiger partial charge in [-0.2, -0.15) is 8.75 Å². The maximum atomic E-state index is 10.7. The Morgan fingerprint density at radius 2 is 2.00 bits per heavy atom. The molecule has 64 valence electrons. The van der Waals surface area contributed by atoms with Crippen LogP contribution in [0.2, 0.25) is 0 Å². The number of rotatable bonds is 2. The Kier molecular flexibility index (Phi) is 1.86. The van der Waals surface area contributed by atoms with E-state index in [2.05, 4.69) is 8.75 Å². The Hall–Kier alpha value is -1.62. The summed E-state index contributed by atoms with van der Waals surface area (Å²) in [6.45, 7) is 0. The fourth-order valence-electron chi connectivity index (χ4n) is 1.11. The van der Waals surface area contributed by atoms with Crippen LogP contribution in [0.25, 0.3) is 11.0 Å². The van der Waals surface area contributed by atoms with E-state index in [9.17, 15) is 9.59 Å². The van der Waals surface area contributed by atoms with Gasteiger partial charge in [-0.3, -0.25) is 9.59 Å². The van der Waals surface area contributed by atoms with Gasteiger partial charge in [0.2, 0.25) is 0 Å². The van der Waals surface area contributed by atoms with Crippen LogP contribution in [0.15, 0.2) is 12.1 Å². The van der Waals surface area contributed by atoms with Crippen molar-refractivity contribution < 1.29 is 9.59 Å². The summed E-state index contributed by atoms with van der Waals surface area (Å²) in [6, 6.07) is 3.25. The second-order valence-electron chi connectivity index (χ2n) is 2.44. The molecule has 4 nitrogen and oxygen atoms in total. The van der Waals surface area contributed by atoms with Crippen molar-refractivity contribution in [1.29, 1.82) is 0 Å². The molecule has 5 heteroatoms. The predicted octanol–water partition coefficient (Wildman–Crippen LogP) is 1.32. The van der Waals surface area contributed by atoms with Crippen molar-refractivity contribution in [3.63, 3.8) is 0 Å². The molecule has 0 atom stereocenters. The fraction of sp³-hybridized carbons (Fsp3) is 0. The minimum absolute atomic E-state index is 0.321. The largest absolute Gasteiger partial charge is 0.298 e. The first-order valence-corrected chi connectivity index (χ1v) is 4.25. The molecule has 0 radical (unpaired) electrons. The Bertz CT molecular complexity index is 478. The van der Waals surface area contributed by atoms with E-state index in [1.807, 2.05) is 0 Å². The number of carbonyl (C=O) groups excluding carboxylic acids is 2. The third kappa shape index (κ3) is 1.13. The first kappa shape index (κ1) is 8.00. The summed E-state index contributed by atoms with van der Waals surface area (Å²) < 4.78 is 7.90. The van der Waals surface area contributed by atoms with Gasteiger partial charge in [-0.05, 0) is 12.1 Å². The van der Waals surface area contributed by atoms with Gasteiger partial charge >= 0.3 is 0 Å². The van der Waals surface area contributed by atoms with E-state index in [1.54, 1.807) is 12.1 Å². The highest BCUT2D eigenvalue weighted by Gasteiger charge is 2.08. The number of aldehydes is 2. The second kappa shape index (κ2) is 3.02. The Morgan fingerprint density at radius 1 is 1.15 bits per heavy atom. The number of hydrogen-bond acceptors (Lipinski definition) is 5. The molecular formula is C8H4N2O2S. The molecule has 1 aromatic heterocycles. The lowest BCUT2D eigenvalue weighted by molar-refractivity contribution is 0.109. The fourth-order valence-corrected chi connectivity index (χ4v) is 1.66. The molecule has 1 heterocycles. The van der Waals surface area contributed by atoms with Crippen LogP contribution >= 0.6 is 11.7 Å². The van der Waals surface area contributed by atoms with Crippen LogP contribution in [0.1, 0.15) is 20.7 Å². The number of benzene rings is 1. The highest BCUT2D eigenvalue weighted by Crippen LogP contribution is 2.17. The Balaban J connectivity index is 2.89. The lowest BCUT2D eigenvalue weighted by Crippen LogP contribution is -1.91. The van der Waals surface area contributed by atoms with Crippen molar-refractivity contribution in [3.8, 4) is 0 Å². The number of nitrogens with zero attached hydrogens (tertiary/aromatic N) is 2. The minimum atomic E-state index is 0.321. The molecule has 2 aromatic rings. The second-order valence-corrected chi connectivity index (χ2v) is 2.96. The van der Waals surface area contributed by atoms with Gasteiger partial charge in [-0.1, -0.05) is 0 Å². The molecule has 0 spiro atoms. The van der Waals surface area contributed by atoms with E-state index in [4.69, 9.17) is 0 Å². The smallest absolute Gasteiger partial charge is 0.153 e. The van der Waals surface area contributed by atoms with Crippen molar-refractivity contribution in [2.45, 2.75) is 0 Å². The number of carbonyl (C=O) groups is 2. The van der Waals surface area contributed by atoms with E-state index < -0.39 is 0 Å². The highest BCUT2D eigenvalue weighted by molar-refractivity contribution is 7.00. The molecule has 2 rings (SSSR count). The maximum Gasteiger partial charge on any atom is 0.153 e. The summed E-state index contributed by atoms with van der Waals surface area (Å²) in [5.74, 6) is 0. The lowest BCUT2D eigenvalue weighted by Gasteiger charge is -1.94. The molecule has 0 unspecified atom stereocenters. The van der Waals surface area contributed by atoms with E-state index in [-0.39, 0.29) is 0 Å². The lowest BCUT2D eigenvalue weighted by atomic mass is 10.1. The van der Waals surface area contributed by atoms with Crippen LogP contribution in [-0.2, 0) is 0 Å². The average Bonchev–Trinajstić information content (AvgIpc) is 2.63. The zero-order valence-electron chi connectivity index (χ0n) is 6.43. The summed E-state index contributed by atoms with van der Waals surface area (Å²) >= 11 is 1.03. The van der Waals surface area contributed by atoms with E-state index in [0.717, 1.165) is 11.7 Å². The van der Waals surface area contributed by atoms with Crippen LogP contribution < -0.4 is 0 Å². The molecule has 13 heavy (non-hydrogen) atoms. The van der Waals surface area contributed by atoms with Gasteiger partial charge in [0.15, 0.2) is 12.6 Å². The number of fused-ring (bicyclic) bond motifs is 1. The van der Waals surface area contributed by atoms with E-state index in [1.165, 1.54) is 0 Å². The van der Waals surface area contributed by atoms with Gasteiger partial charge in [0.25, 0.3) is 0 Å².